The highest BCUT2D eigenvalue weighted by Crippen LogP contribution is 2.80. The van der Waals surface area contributed by atoms with Crippen LogP contribution in [0.2, 0.25) is 0 Å². The first-order chi connectivity index (χ1) is 31.5. The molecule has 4 fully saturated rings. The molecule has 65 heavy (non-hydrogen) atoms. The van der Waals surface area contributed by atoms with Crippen LogP contribution in [0.25, 0.3) is 22.3 Å². The molecule has 2 aliphatic heterocycles. The number of anilines is 6. The highest BCUT2D eigenvalue weighted by molar-refractivity contribution is 7.00. The molecule has 4 bridgehead atoms. The summed E-state index contributed by atoms with van der Waals surface area (Å²) in [6, 6.07) is 59.7. The first-order valence-electron chi connectivity index (χ1n) is 24.9. The van der Waals surface area contributed by atoms with Gasteiger partial charge < -0.3 is 9.80 Å². The van der Waals surface area contributed by atoms with Crippen molar-refractivity contribution >= 4 is 57.2 Å². The molecule has 0 saturated heterocycles. The van der Waals surface area contributed by atoms with Gasteiger partial charge in [0.15, 0.2) is 0 Å². The Morgan fingerprint density at radius 2 is 0.985 bits per heavy atom. The molecule has 15 rings (SSSR count). The number of benzene rings is 7. The molecule has 1 unspecified atom stereocenters. The summed E-state index contributed by atoms with van der Waals surface area (Å²) in [6.07, 6.45) is 7.63. The van der Waals surface area contributed by atoms with Crippen molar-refractivity contribution in [3.63, 3.8) is 0 Å². The molecule has 6 atom stereocenters. The molecule has 2 heterocycles. The lowest BCUT2D eigenvalue weighted by atomic mass is 9.33. The molecule has 0 N–H and O–H groups in total. The van der Waals surface area contributed by atoms with Crippen molar-refractivity contribution in [2.24, 2.45) is 33.5 Å². The van der Waals surface area contributed by atoms with Crippen LogP contribution in [0.4, 0.5) is 34.1 Å². The van der Waals surface area contributed by atoms with Gasteiger partial charge in [-0.25, -0.2) is 0 Å². The van der Waals surface area contributed by atoms with Crippen LogP contribution in [0.15, 0.2) is 152 Å². The minimum atomic E-state index is -0.0956. The number of para-hydroxylation sites is 3. The number of hydrogen-bond donors (Lipinski definition) is 0. The monoisotopic (exact) mass is 840 g/mol. The molecule has 0 aromatic heterocycles. The second kappa shape index (κ2) is 11.8. The maximum absolute atomic E-state index is 2.79. The lowest BCUT2D eigenvalue weighted by molar-refractivity contribution is 0.0990. The third-order valence-corrected chi connectivity index (χ3v) is 21.4. The van der Waals surface area contributed by atoms with E-state index in [2.05, 4.69) is 203 Å². The van der Waals surface area contributed by atoms with Crippen LogP contribution in [-0.4, -0.2) is 6.71 Å². The first kappa shape index (κ1) is 37.4. The van der Waals surface area contributed by atoms with Gasteiger partial charge in [-0.1, -0.05) is 151 Å². The third-order valence-electron chi connectivity index (χ3n) is 21.4. The summed E-state index contributed by atoms with van der Waals surface area (Å²) in [5.41, 5.74) is 24.8. The van der Waals surface area contributed by atoms with Gasteiger partial charge in [0, 0.05) is 44.8 Å². The fourth-order valence-corrected chi connectivity index (χ4v) is 17.7. The van der Waals surface area contributed by atoms with Gasteiger partial charge in [-0.3, -0.25) is 0 Å². The Labute approximate surface area is 385 Å². The summed E-state index contributed by atoms with van der Waals surface area (Å²) in [5.74, 6) is 1.38. The van der Waals surface area contributed by atoms with Crippen molar-refractivity contribution in [3.8, 4) is 22.3 Å². The second-order valence-corrected chi connectivity index (χ2v) is 23.3. The first-order valence-corrected chi connectivity index (χ1v) is 24.9. The Balaban J connectivity index is 1.11. The zero-order valence-corrected chi connectivity index (χ0v) is 38.8. The predicted molar refractivity (Wildman–Crippen MR) is 271 cm³/mol. The maximum Gasteiger partial charge on any atom is 0.252 e. The molecule has 8 aliphatic rings. The zero-order chi connectivity index (χ0) is 43.6. The molecular formula is C62H57BN2. The Morgan fingerprint density at radius 1 is 0.446 bits per heavy atom. The Bertz CT molecular complexity index is 3260. The zero-order valence-electron chi connectivity index (χ0n) is 38.8. The van der Waals surface area contributed by atoms with Crippen LogP contribution in [0.5, 0.6) is 0 Å². The fraction of sp³-hybridized carbons (Fsp3) is 0.323. The van der Waals surface area contributed by atoms with Crippen LogP contribution in [0.1, 0.15) is 102 Å². The number of rotatable bonds is 2. The van der Waals surface area contributed by atoms with E-state index < -0.39 is 0 Å². The molecule has 2 nitrogen and oxygen atoms in total. The van der Waals surface area contributed by atoms with E-state index in [1.54, 1.807) is 22.3 Å². The smallest absolute Gasteiger partial charge is 0.252 e. The maximum atomic E-state index is 2.79. The van der Waals surface area contributed by atoms with E-state index in [0.717, 1.165) is 0 Å². The van der Waals surface area contributed by atoms with E-state index in [9.17, 15) is 0 Å². The quantitative estimate of drug-likeness (QED) is 0.160. The number of hydrogen-bond acceptors (Lipinski definition) is 2. The molecule has 6 aliphatic carbocycles. The van der Waals surface area contributed by atoms with Crippen LogP contribution >= 0.6 is 0 Å². The molecule has 3 heteroatoms. The highest BCUT2D eigenvalue weighted by atomic mass is 15.2. The summed E-state index contributed by atoms with van der Waals surface area (Å²) in [4.78, 5) is 5.41. The molecule has 0 amide bonds. The van der Waals surface area contributed by atoms with Crippen molar-refractivity contribution in [1.29, 1.82) is 0 Å². The minimum Gasteiger partial charge on any atom is -0.311 e. The third kappa shape index (κ3) is 3.90. The largest absolute Gasteiger partial charge is 0.311 e. The lowest BCUT2D eigenvalue weighted by Gasteiger charge is -2.50. The van der Waals surface area contributed by atoms with Gasteiger partial charge in [0.05, 0.1) is 5.69 Å². The van der Waals surface area contributed by atoms with E-state index in [4.69, 9.17) is 0 Å². The average Bonchev–Trinajstić information content (AvgIpc) is 4.02. The summed E-state index contributed by atoms with van der Waals surface area (Å²) in [5, 5.41) is 0. The fourth-order valence-electron chi connectivity index (χ4n) is 17.7. The molecule has 0 radical (unpaired) electrons. The summed E-state index contributed by atoms with van der Waals surface area (Å²) in [7, 11) is 0. The van der Waals surface area contributed by atoms with Gasteiger partial charge in [0.2, 0.25) is 0 Å². The van der Waals surface area contributed by atoms with Crippen LogP contribution < -0.4 is 26.2 Å². The Kier molecular flexibility index (Phi) is 6.78. The summed E-state index contributed by atoms with van der Waals surface area (Å²) < 4.78 is 0. The number of fused-ring (bicyclic) bond motifs is 21. The van der Waals surface area contributed by atoms with E-state index in [1.165, 1.54) is 111 Å². The minimum absolute atomic E-state index is 0.0292. The molecule has 318 valence electrons. The van der Waals surface area contributed by atoms with Gasteiger partial charge in [0.25, 0.3) is 6.71 Å². The summed E-state index contributed by atoms with van der Waals surface area (Å²) in [6.45, 7) is 15.9. The van der Waals surface area contributed by atoms with Crippen LogP contribution in [0.3, 0.4) is 0 Å². The molecule has 7 aromatic carbocycles. The lowest BCUT2D eigenvalue weighted by Crippen LogP contribution is -2.62. The van der Waals surface area contributed by atoms with Crippen molar-refractivity contribution in [1.82, 2.24) is 0 Å². The highest BCUT2D eigenvalue weighted by Gasteiger charge is 2.73. The second-order valence-electron chi connectivity index (χ2n) is 23.3. The van der Waals surface area contributed by atoms with E-state index in [0.29, 0.717) is 11.8 Å². The van der Waals surface area contributed by atoms with Gasteiger partial charge >= 0.3 is 0 Å². The van der Waals surface area contributed by atoms with Crippen molar-refractivity contribution < 1.29 is 0 Å². The SMILES string of the molecule is CC1(C)[C@H]2CCC1(C)[C@@]1(C2)c2ccccc2-c2c1cc1c3c2N(c2ccccc2)c2ccccc2B3c2cc3c(cc2N1c1ccccc1)-c1ccccc1[C@@]31C[C@H]2CC[C@]1(C)C2(C)C. The van der Waals surface area contributed by atoms with Crippen LogP contribution in [-0.2, 0) is 10.8 Å². The molecule has 7 aromatic rings. The number of nitrogens with zero attached hydrogens (tertiary/aromatic N) is 2. The molecule has 2 spiro atoms. The van der Waals surface area contributed by atoms with Gasteiger partial charge in [-0.15, -0.1) is 0 Å². The average molecular weight is 841 g/mol. The van der Waals surface area contributed by atoms with E-state index >= 15 is 0 Å². The standard InChI is InChI=1S/C62H57BN2/c1-57(2)38-29-31-59(57,5)61(36-38)45-25-15-13-23-42(45)44-33-52-50(34-47(44)61)63-49-27-17-18-28-51(49)65(41-21-11-8-12-22-41)56-54-43-24-14-16-26-46(43)62(37-39-30-32-60(62,6)58(39,3)4)48(54)35-53(55(56)63)64(52)40-19-9-7-10-20-40/h7-28,33-35,38-39H,29-32,36-37H2,1-6H3/t38-,39+,59-,60?,61+,62+/m1/s1. The molecular weight excluding hydrogens is 784 g/mol. The Hall–Kier alpha value is -5.80. The van der Waals surface area contributed by atoms with Gasteiger partial charge in [0.1, 0.15) is 0 Å². The Morgan fingerprint density at radius 3 is 1.60 bits per heavy atom. The van der Waals surface area contributed by atoms with Crippen molar-refractivity contribution in [2.45, 2.75) is 90.9 Å². The summed E-state index contributed by atoms with van der Waals surface area (Å²) >= 11 is 0. The van der Waals surface area contributed by atoms with Gasteiger partial charge in [-0.05, 0) is 170 Å². The normalized spacial score (nSPS) is 30.0. The topological polar surface area (TPSA) is 6.48 Å². The molecule has 4 saturated carbocycles. The van der Waals surface area contributed by atoms with Crippen molar-refractivity contribution in [3.05, 3.63) is 174 Å². The van der Waals surface area contributed by atoms with E-state index in [-0.39, 0.29) is 39.2 Å². The van der Waals surface area contributed by atoms with Gasteiger partial charge in [-0.2, -0.15) is 0 Å². The van der Waals surface area contributed by atoms with Crippen LogP contribution in [0, 0.1) is 33.5 Å². The van der Waals surface area contributed by atoms with Crippen molar-refractivity contribution in [2.75, 3.05) is 9.80 Å². The van der Waals surface area contributed by atoms with E-state index in [1.807, 2.05) is 0 Å². The predicted octanol–water partition coefficient (Wildman–Crippen LogP) is 14.0.